The van der Waals surface area contributed by atoms with Crippen LogP contribution in [0.15, 0.2) is 0 Å². The molecule has 0 nitrogen and oxygen atoms in total. The Bertz CT molecular complexity index is 125. The van der Waals surface area contributed by atoms with Crippen LogP contribution in [0, 0.1) is 5.92 Å². The molecule has 0 aromatic carbocycles. The van der Waals surface area contributed by atoms with Crippen LogP contribution >= 0.6 is 0 Å². The Morgan fingerprint density at radius 2 is 1.73 bits per heavy atom. The largest absolute Gasteiger partial charge is 1.00 e. The quantitative estimate of drug-likeness (QED) is 0.511. The Morgan fingerprint density at radius 3 is 1.91 bits per heavy atom. The van der Waals surface area contributed by atoms with Gasteiger partial charge in [-0.05, 0) is 0 Å². The van der Waals surface area contributed by atoms with Crippen molar-refractivity contribution in [3.8, 4) is 0 Å². The van der Waals surface area contributed by atoms with Crippen molar-refractivity contribution < 1.29 is 64.3 Å². The van der Waals surface area contributed by atoms with Crippen LogP contribution in [0.2, 0.25) is 5.82 Å². The molecule has 0 saturated heterocycles. The summed E-state index contributed by atoms with van der Waals surface area (Å²) in [5, 5.41) is 0. The van der Waals surface area contributed by atoms with E-state index in [1.807, 2.05) is 0 Å². The minimum Gasteiger partial charge on any atom is -0.449 e. The van der Waals surface area contributed by atoms with Crippen LogP contribution in [-0.4, -0.2) is 6.98 Å². The normalized spacial score (nSPS) is 31.6. The monoisotopic (exact) mass is 190 g/mol. The summed E-state index contributed by atoms with van der Waals surface area (Å²) in [6.07, 6.45) is 1.88. The molecule has 0 heterocycles. The molecule has 1 aliphatic rings. The Hall–Kier alpha value is 1.49. The van der Waals surface area contributed by atoms with Crippen LogP contribution < -0.4 is 51.4 Å². The standard InChI is InChI=1S/C6H11BF3.K/c1-5-3-2-4-6(5)7(8,9)10;/h5-6H,2-4H2,1H3;/q-1;+1/t5-,6?;/m1./s1. The number of halogens is 3. The maximum atomic E-state index is 12.1. The zero-order valence-electron chi connectivity index (χ0n) is 6.99. The molecule has 11 heavy (non-hydrogen) atoms. The van der Waals surface area contributed by atoms with Crippen LogP contribution in [0.1, 0.15) is 26.2 Å². The molecule has 1 unspecified atom stereocenters. The second-order valence-corrected chi connectivity index (χ2v) is 3.20. The van der Waals surface area contributed by atoms with Gasteiger partial charge >= 0.3 is 58.4 Å². The van der Waals surface area contributed by atoms with E-state index in [-0.39, 0.29) is 57.3 Å². The topological polar surface area (TPSA) is 0 Å². The summed E-state index contributed by atoms with van der Waals surface area (Å²) in [5.74, 6) is -1.08. The summed E-state index contributed by atoms with van der Waals surface area (Å²) in [7, 11) is 0. The maximum Gasteiger partial charge on any atom is 1.00 e. The smallest absolute Gasteiger partial charge is 0.449 e. The second-order valence-electron chi connectivity index (χ2n) is 3.20. The molecule has 2 atom stereocenters. The number of hydrogen-bond acceptors (Lipinski definition) is 0. The summed E-state index contributed by atoms with van der Waals surface area (Å²) in [5.41, 5.74) is 0. The molecule has 0 radical (unpaired) electrons. The molecule has 0 N–H and O–H groups in total. The molecular formula is C6H11BF3K. The van der Waals surface area contributed by atoms with Crippen molar-refractivity contribution in [3.05, 3.63) is 0 Å². The van der Waals surface area contributed by atoms with Crippen molar-refractivity contribution in [2.45, 2.75) is 32.0 Å². The molecule has 1 aliphatic carbocycles. The Balaban J connectivity index is 0.000001000. The van der Waals surface area contributed by atoms with Gasteiger partial charge in [-0.25, -0.2) is 0 Å². The zero-order chi connectivity index (χ0) is 7.78. The van der Waals surface area contributed by atoms with Crippen molar-refractivity contribution in [1.82, 2.24) is 0 Å². The van der Waals surface area contributed by atoms with E-state index >= 15 is 0 Å². The molecule has 0 aromatic rings. The van der Waals surface area contributed by atoms with Crippen molar-refractivity contribution >= 4 is 6.98 Å². The Labute approximate surface area is 108 Å². The van der Waals surface area contributed by atoms with E-state index in [2.05, 4.69) is 0 Å². The van der Waals surface area contributed by atoms with Crippen LogP contribution in [0.5, 0.6) is 0 Å². The maximum absolute atomic E-state index is 12.1. The fourth-order valence-corrected chi connectivity index (χ4v) is 1.74. The van der Waals surface area contributed by atoms with E-state index in [0.29, 0.717) is 6.42 Å². The van der Waals surface area contributed by atoms with Crippen molar-refractivity contribution in [1.29, 1.82) is 0 Å². The molecule has 0 amide bonds. The fraction of sp³-hybridized carbons (Fsp3) is 1.00. The predicted molar refractivity (Wildman–Crippen MR) is 35.8 cm³/mol. The first-order valence-electron chi connectivity index (χ1n) is 3.72. The molecule has 0 bridgehead atoms. The molecule has 1 fully saturated rings. The van der Waals surface area contributed by atoms with Crippen molar-refractivity contribution in [2.75, 3.05) is 0 Å². The minimum absolute atomic E-state index is 0. The van der Waals surface area contributed by atoms with Gasteiger partial charge in [-0.15, -0.1) is 0 Å². The van der Waals surface area contributed by atoms with Gasteiger partial charge in [0.25, 0.3) is 0 Å². The van der Waals surface area contributed by atoms with Crippen LogP contribution in [0.3, 0.4) is 0 Å². The number of rotatable bonds is 1. The molecule has 1 rings (SSSR count). The molecule has 0 aromatic heterocycles. The van der Waals surface area contributed by atoms with Crippen LogP contribution in [-0.2, 0) is 0 Å². The first-order chi connectivity index (χ1) is 4.52. The first-order valence-corrected chi connectivity index (χ1v) is 3.72. The minimum atomic E-state index is -4.55. The molecule has 0 aliphatic heterocycles. The zero-order valence-corrected chi connectivity index (χ0v) is 10.1. The van der Waals surface area contributed by atoms with E-state index in [1.165, 1.54) is 0 Å². The van der Waals surface area contributed by atoms with Gasteiger partial charge in [0.2, 0.25) is 0 Å². The molecular weight excluding hydrogens is 179 g/mol. The molecule has 5 heteroatoms. The molecule has 60 valence electrons. The molecule has 1 saturated carbocycles. The van der Waals surface area contributed by atoms with Gasteiger partial charge in [0.1, 0.15) is 0 Å². The summed E-state index contributed by atoms with van der Waals surface area (Å²) in [6.45, 7) is -2.85. The van der Waals surface area contributed by atoms with E-state index < -0.39 is 12.8 Å². The van der Waals surface area contributed by atoms with Gasteiger partial charge in [0.15, 0.2) is 0 Å². The SMILES string of the molecule is C[C@@H]1CCCC1[B-](F)(F)F.[K+]. The van der Waals surface area contributed by atoms with E-state index in [1.54, 1.807) is 6.92 Å². The Kier molecular flexibility index (Phi) is 5.28. The van der Waals surface area contributed by atoms with Crippen molar-refractivity contribution in [2.24, 2.45) is 5.92 Å². The predicted octanol–water partition coefficient (Wildman–Crippen LogP) is 0.0280. The first kappa shape index (κ1) is 12.5. The van der Waals surface area contributed by atoms with Crippen LogP contribution in [0.25, 0.3) is 0 Å². The van der Waals surface area contributed by atoms with E-state index in [9.17, 15) is 12.9 Å². The number of hydrogen-bond donors (Lipinski definition) is 0. The van der Waals surface area contributed by atoms with E-state index in [4.69, 9.17) is 0 Å². The van der Waals surface area contributed by atoms with E-state index in [0.717, 1.165) is 12.8 Å². The van der Waals surface area contributed by atoms with Gasteiger partial charge in [0.05, 0.1) is 0 Å². The van der Waals surface area contributed by atoms with Gasteiger partial charge in [-0.3, -0.25) is 0 Å². The average Bonchev–Trinajstić information content (AvgIpc) is 2.11. The summed E-state index contributed by atoms with van der Waals surface area (Å²) < 4.78 is 36.2. The van der Waals surface area contributed by atoms with Crippen LogP contribution in [0.4, 0.5) is 12.9 Å². The van der Waals surface area contributed by atoms with Gasteiger partial charge < -0.3 is 12.9 Å². The molecule has 0 spiro atoms. The third kappa shape index (κ3) is 3.38. The van der Waals surface area contributed by atoms with Gasteiger partial charge in [-0.2, -0.15) is 0 Å². The third-order valence-electron chi connectivity index (χ3n) is 2.41. The van der Waals surface area contributed by atoms with Gasteiger partial charge in [0, 0.05) is 0 Å². The Morgan fingerprint density at radius 1 is 1.18 bits per heavy atom. The summed E-state index contributed by atoms with van der Waals surface area (Å²) in [6, 6.07) is 0. The summed E-state index contributed by atoms with van der Waals surface area (Å²) in [4.78, 5) is 0. The summed E-state index contributed by atoms with van der Waals surface area (Å²) >= 11 is 0. The second kappa shape index (κ2) is 4.65. The third-order valence-corrected chi connectivity index (χ3v) is 2.41. The fourth-order valence-electron chi connectivity index (χ4n) is 1.74. The average molecular weight is 190 g/mol. The van der Waals surface area contributed by atoms with Gasteiger partial charge in [-0.1, -0.05) is 37.9 Å². The van der Waals surface area contributed by atoms with Crippen molar-refractivity contribution in [3.63, 3.8) is 0 Å².